The van der Waals surface area contributed by atoms with Crippen molar-refractivity contribution in [1.29, 1.82) is 10.7 Å². The number of nitriles is 1. The fourth-order valence-corrected chi connectivity index (χ4v) is 4.50. The summed E-state index contributed by atoms with van der Waals surface area (Å²) in [5.41, 5.74) is 7.25. The molecule has 1 aliphatic heterocycles. The zero-order chi connectivity index (χ0) is 28.0. The maximum Gasteiger partial charge on any atom is 0.264 e. The van der Waals surface area contributed by atoms with Gasteiger partial charge in [0.05, 0.1) is 11.3 Å². The van der Waals surface area contributed by atoms with Crippen molar-refractivity contribution in [1.82, 2.24) is 14.9 Å². The number of hydrogen-bond acceptors (Lipinski definition) is 8. The summed E-state index contributed by atoms with van der Waals surface area (Å²) in [4.78, 5) is 23.4. The Labute approximate surface area is 228 Å². The summed E-state index contributed by atoms with van der Waals surface area (Å²) in [6.45, 7) is 6.86. The zero-order valence-corrected chi connectivity index (χ0v) is 22.4. The van der Waals surface area contributed by atoms with Gasteiger partial charge in [-0.2, -0.15) is 5.26 Å². The quantitative estimate of drug-likeness (QED) is 0.210. The molecule has 1 unspecified atom stereocenters. The Bertz CT molecular complexity index is 1400. The first kappa shape index (κ1) is 27.3. The summed E-state index contributed by atoms with van der Waals surface area (Å²) < 4.78 is 5.85. The van der Waals surface area contributed by atoms with Crippen LogP contribution >= 0.6 is 0 Å². The second-order valence-corrected chi connectivity index (χ2v) is 10.5. The fraction of sp³-hybridized carbons (Fsp3) is 0.300. The van der Waals surface area contributed by atoms with Crippen LogP contribution in [0.1, 0.15) is 44.7 Å². The number of amides is 1. The number of anilines is 2. The largest absolute Gasteiger partial charge is 0.457 e. The van der Waals surface area contributed by atoms with E-state index in [0.29, 0.717) is 35.8 Å². The molecule has 4 rings (SSSR count). The predicted octanol–water partition coefficient (Wildman–Crippen LogP) is 5.17. The highest BCUT2D eigenvalue weighted by Gasteiger charge is 2.31. The van der Waals surface area contributed by atoms with Gasteiger partial charge >= 0.3 is 0 Å². The lowest BCUT2D eigenvalue weighted by Crippen LogP contribution is -2.40. The van der Waals surface area contributed by atoms with Gasteiger partial charge in [-0.3, -0.25) is 10.2 Å². The molecule has 1 saturated heterocycles. The Morgan fingerprint density at radius 1 is 1.18 bits per heavy atom. The zero-order valence-electron chi connectivity index (χ0n) is 22.4. The summed E-state index contributed by atoms with van der Waals surface area (Å²) >= 11 is 0. The first-order valence-corrected chi connectivity index (χ1v) is 12.9. The van der Waals surface area contributed by atoms with Crippen LogP contribution < -0.4 is 15.8 Å². The molecule has 0 spiro atoms. The van der Waals surface area contributed by atoms with Crippen LogP contribution in [-0.2, 0) is 4.79 Å². The van der Waals surface area contributed by atoms with E-state index in [9.17, 15) is 10.1 Å². The van der Waals surface area contributed by atoms with Crippen LogP contribution in [0.4, 0.5) is 11.6 Å². The van der Waals surface area contributed by atoms with E-state index >= 15 is 0 Å². The minimum Gasteiger partial charge on any atom is -0.457 e. The number of benzene rings is 2. The summed E-state index contributed by atoms with van der Waals surface area (Å²) in [6, 6.07) is 18.6. The first-order valence-electron chi connectivity index (χ1n) is 12.9. The lowest BCUT2D eigenvalue weighted by Gasteiger charge is -2.26. The molecule has 1 aromatic heterocycles. The highest BCUT2D eigenvalue weighted by molar-refractivity contribution is 6.16. The van der Waals surface area contributed by atoms with Gasteiger partial charge in [0.25, 0.3) is 5.91 Å². The van der Waals surface area contributed by atoms with Crippen molar-refractivity contribution in [2.45, 2.75) is 39.7 Å². The van der Waals surface area contributed by atoms with Gasteiger partial charge in [-0.05, 0) is 54.7 Å². The second kappa shape index (κ2) is 11.8. The SMILES string of the molecule is CC(C)(C)/C=C(\C#N)C(=O)N1CCCC1CNc1ncnc(N)c1C(=N)c1ccc(Oc2ccccc2)cc1. The first-order chi connectivity index (χ1) is 18.7. The van der Waals surface area contributed by atoms with E-state index in [4.69, 9.17) is 15.9 Å². The highest BCUT2D eigenvalue weighted by atomic mass is 16.5. The van der Waals surface area contributed by atoms with Gasteiger partial charge < -0.3 is 20.7 Å². The van der Waals surface area contributed by atoms with Crippen LogP contribution in [0.3, 0.4) is 0 Å². The number of allylic oxidation sites excluding steroid dienone is 1. The van der Waals surface area contributed by atoms with Crippen LogP contribution in [0.5, 0.6) is 11.5 Å². The molecule has 0 aliphatic carbocycles. The lowest BCUT2D eigenvalue weighted by molar-refractivity contribution is -0.127. The Morgan fingerprint density at radius 3 is 2.54 bits per heavy atom. The van der Waals surface area contributed by atoms with Gasteiger partial charge in [0.1, 0.15) is 41.1 Å². The Balaban J connectivity index is 1.49. The van der Waals surface area contributed by atoms with Crippen molar-refractivity contribution in [3.05, 3.63) is 83.7 Å². The lowest BCUT2D eigenvalue weighted by atomic mass is 9.93. The second-order valence-electron chi connectivity index (χ2n) is 10.5. The van der Waals surface area contributed by atoms with E-state index in [1.807, 2.05) is 51.1 Å². The van der Waals surface area contributed by atoms with E-state index in [0.717, 1.165) is 18.6 Å². The van der Waals surface area contributed by atoms with Crippen LogP contribution in [0, 0.1) is 22.2 Å². The number of carbonyl (C=O) groups excluding carboxylic acids is 1. The van der Waals surface area contributed by atoms with E-state index in [-0.39, 0.29) is 34.5 Å². The maximum atomic E-state index is 13.2. The minimum atomic E-state index is -0.284. The van der Waals surface area contributed by atoms with E-state index in [1.54, 1.807) is 35.2 Å². The van der Waals surface area contributed by atoms with Gasteiger partial charge in [-0.25, -0.2) is 9.97 Å². The van der Waals surface area contributed by atoms with E-state index in [2.05, 4.69) is 21.4 Å². The van der Waals surface area contributed by atoms with Gasteiger partial charge in [0, 0.05) is 24.7 Å². The molecule has 0 radical (unpaired) electrons. The molecule has 200 valence electrons. The van der Waals surface area contributed by atoms with Crippen LogP contribution in [0.15, 0.2) is 72.6 Å². The molecule has 1 amide bonds. The Kier molecular flexibility index (Phi) is 8.25. The Hall–Kier alpha value is -4.71. The third-order valence-corrected chi connectivity index (χ3v) is 6.32. The summed E-state index contributed by atoms with van der Waals surface area (Å²) in [7, 11) is 0. The summed E-state index contributed by atoms with van der Waals surface area (Å²) in [6.07, 6.45) is 4.71. The number of para-hydroxylation sites is 1. The molecular formula is C30H33N7O2. The molecule has 9 nitrogen and oxygen atoms in total. The predicted molar refractivity (Wildman–Crippen MR) is 152 cm³/mol. The molecule has 1 atom stereocenters. The monoisotopic (exact) mass is 523 g/mol. The van der Waals surface area contributed by atoms with Gasteiger partial charge in [0.15, 0.2) is 0 Å². The molecular weight excluding hydrogens is 490 g/mol. The highest BCUT2D eigenvalue weighted by Crippen LogP contribution is 2.27. The summed E-state index contributed by atoms with van der Waals surface area (Å²) in [5.74, 6) is 1.72. The van der Waals surface area contributed by atoms with Crippen molar-refractivity contribution in [3.63, 3.8) is 0 Å². The number of carbonyl (C=O) groups is 1. The molecule has 39 heavy (non-hydrogen) atoms. The molecule has 1 aliphatic rings. The average Bonchev–Trinajstić information content (AvgIpc) is 3.39. The van der Waals surface area contributed by atoms with E-state index < -0.39 is 0 Å². The number of nitrogen functional groups attached to an aromatic ring is 1. The maximum absolute atomic E-state index is 13.2. The van der Waals surface area contributed by atoms with E-state index in [1.165, 1.54) is 6.33 Å². The topological polar surface area (TPSA) is 141 Å². The third-order valence-electron chi connectivity index (χ3n) is 6.32. The minimum absolute atomic E-state index is 0.123. The number of nitrogens with one attached hydrogen (secondary N) is 2. The van der Waals surface area contributed by atoms with Crippen LogP contribution in [-0.4, -0.2) is 45.6 Å². The molecule has 0 saturated carbocycles. The average molecular weight is 524 g/mol. The summed E-state index contributed by atoms with van der Waals surface area (Å²) in [5, 5.41) is 21.7. The van der Waals surface area contributed by atoms with Crippen molar-refractivity contribution in [2.24, 2.45) is 5.41 Å². The third kappa shape index (κ3) is 6.79. The van der Waals surface area contributed by atoms with Gasteiger partial charge in [0.2, 0.25) is 0 Å². The number of ether oxygens (including phenoxy) is 1. The molecule has 3 aromatic rings. The van der Waals surface area contributed by atoms with Crippen molar-refractivity contribution < 1.29 is 9.53 Å². The Morgan fingerprint density at radius 2 is 1.87 bits per heavy atom. The molecule has 4 N–H and O–H groups in total. The molecule has 9 heteroatoms. The number of aromatic nitrogens is 2. The molecule has 2 heterocycles. The van der Waals surface area contributed by atoms with Gasteiger partial charge in [-0.15, -0.1) is 0 Å². The molecule has 1 fully saturated rings. The van der Waals surface area contributed by atoms with Crippen molar-refractivity contribution in [2.75, 3.05) is 24.1 Å². The number of nitrogens with two attached hydrogens (primary N) is 1. The fourth-order valence-electron chi connectivity index (χ4n) is 4.50. The van der Waals surface area contributed by atoms with Crippen LogP contribution in [0.25, 0.3) is 0 Å². The molecule has 2 aromatic carbocycles. The van der Waals surface area contributed by atoms with Crippen LogP contribution in [0.2, 0.25) is 0 Å². The normalized spacial score (nSPS) is 15.5. The molecule has 0 bridgehead atoms. The number of nitrogens with zero attached hydrogens (tertiary/aromatic N) is 4. The number of rotatable bonds is 8. The smallest absolute Gasteiger partial charge is 0.264 e. The number of hydrogen-bond donors (Lipinski definition) is 3. The van der Waals surface area contributed by atoms with Crippen molar-refractivity contribution in [3.8, 4) is 17.6 Å². The van der Waals surface area contributed by atoms with Gasteiger partial charge in [-0.1, -0.05) is 45.0 Å². The standard InChI is InChI=1S/C30H33N7O2/c1-30(2,3)16-21(17-31)29(38)37-15-7-8-22(37)18-34-28-25(27(33)35-19-36-28)26(32)20-11-13-24(14-12-20)39-23-9-5-4-6-10-23/h4-6,9-14,16,19,22,32H,7-8,15,18H2,1-3H3,(H3,33,34,35,36)/b21-16+,32-26?. The van der Waals surface area contributed by atoms with Crippen molar-refractivity contribution >= 4 is 23.3 Å². The number of likely N-dealkylation sites (tertiary alicyclic amines) is 1.